The molecule has 0 atom stereocenters. The van der Waals surface area contributed by atoms with Crippen molar-refractivity contribution in [3.8, 4) is 5.75 Å². The largest absolute Gasteiger partial charge is 0.489 e. The number of hydrogen-bond donors (Lipinski definition) is 2. The molecule has 0 unspecified atom stereocenters. The SMILES string of the molecule is CC(C)Oc1ccc(S(=O)(=O)N2CCOCC2)cc1NC(=O)CN1CCC(C(N)=O)CC1. The Labute approximate surface area is 189 Å². The lowest BCUT2D eigenvalue weighted by Gasteiger charge is -2.30. The van der Waals surface area contributed by atoms with Gasteiger partial charge in [-0.1, -0.05) is 0 Å². The van der Waals surface area contributed by atoms with Gasteiger partial charge in [-0.15, -0.1) is 0 Å². The number of likely N-dealkylation sites (tertiary alicyclic amines) is 1. The van der Waals surface area contributed by atoms with E-state index < -0.39 is 10.0 Å². The number of carbonyl (C=O) groups is 2. The topological polar surface area (TPSA) is 131 Å². The average molecular weight is 469 g/mol. The molecule has 3 rings (SSSR count). The maximum absolute atomic E-state index is 13.0. The smallest absolute Gasteiger partial charge is 0.243 e. The Morgan fingerprint density at radius 1 is 1.19 bits per heavy atom. The molecular weight excluding hydrogens is 436 g/mol. The summed E-state index contributed by atoms with van der Waals surface area (Å²) in [6.45, 7) is 6.31. The highest BCUT2D eigenvalue weighted by molar-refractivity contribution is 7.89. The third-order valence-electron chi connectivity index (χ3n) is 5.55. The van der Waals surface area contributed by atoms with Crippen LogP contribution in [0.1, 0.15) is 26.7 Å². The van der Waals surface area contributed by atoms with Crippen LogP contribution in [-0.4, -0.2) is 81.5 Å². The molecule has 11 heteroatoms. The van der Waals surface area contributed by atoms with E-state index in [-0.39, 0.29) is 48.4 Å². The molecule has 2 amide bonds. The van der Waals surface area contributed by atoms with E-state index in [9.17, 15) is 18.0 Å². The quantitative estimate of drug-likeness (QED) is 0.572. The van der Waals surface area contributed by atoms with E-state index in [0.717, 1.165) is 0 Å². The summed E-state index contributed by atoms with van der Waals surface area (Å²) in [5, 5.41) is 2.81. The van der Waals surface area contributed by atoms with Gasteiger partial charge in [0.2, 0.25) is 21.8 Å². The fraction of sp³-hybridized carbons (Fsp3) is 0.619. The minimum atomic E-state index is -3.71. The van der Waals surface area contributed by atoms with Crippen LogP contribution in [0.25, 0.3) is 0 Å². The molecule has 1 aromatic rings. The number of nitrogens with two attached hydrogens (primary N) is 1. The number of primary amides is 1. The molecule has 0 aliphatic carbocycles. The van der Waals surface area contributed by atoms with Crippen LogP contribution in [0.5, 0.6) is 5.75 Å². The van der Waals surface area contributed by atoms with Crippen LogP contribution in [0, 0.1) is 5.92 Å². The number of piperidine rings is 1. The lowest BCUT2D eigenvalue weighted by Crippen LogP contribution is -2.42. The van der Waals surface area contributed by atoms with Crippen molar-refractivity contribution >= 4 is 27.5 Å². The third-order valence-corrected chi connectivity index (χ3v) is 7.45. The Morgan fingerprint density at radius 2 is 1.84 bits per heavy atom. The molecule has 2 fully saturated rings. The second-order valence-electron chi connectivity index (χ2n) is 8.34. The number of sulfonamides is 1. The van der Waals surface area contributed by atoms with E-state index in [1.54, 1.807) is 6.07 Å². The molecule has 2 aliphatic rings. The second-order valence-corrected chi connectivity index (χ2v) is 10.3. The van der Waals surface area contributed by atoms with Crippen LogP contribution < -0.4 is 15.8 Å². The molecule has 3 N–H and O–H groups in total. The number of rotatable bonds is 8. The molecule has 0 aromatic heterocycles. The first-order valence-corrected chi connectivity index (χ1v) is 12.3. The van der Waals surface area contributed by atoms with E-state index >= 15 is 0 Å². The number of ether oxygens (including phenoxy) is 2. The van der Waals surface area contributed by atoms with Gasteiger partial charge < -0.3 is 20.5 Å². The van der Waals surface area contributed by atoms with Crippen molar-refractivity contribution in [3.63, 3.8) is 0 Å². The van der Waals surface area contributed by atoms with Gasteiger partial charge in [0, 0.05) is 19.0 Å². The minimum absolute atomic E-state index is 0.0908. The number of nitrogens with zero attached hydrogens (tertiary/aromatic N) is 2. The molecular formula is C21H32N4O6S. The van der Waals surface area contributed by atoms with Gasteiger partial charge >= 0.3 is 0 Å². The monoisotopic (exact) mass is 468 g/mol. The average Bonchev–Trinajstić information content (AvgIpc) is 2.75. The van der Waals surface area contributed by atoms with Crippen molar-refractivity contribution in [2.75, 3.05) is 51.3 Å². The van der Waals surface area contributed by atoms with E-state index in [1.165, 1.54) is 16.4 Å². The first-order chi connectivity index (χ1) is 15.2. The summed E-state index contributed by atoms with van der Waals surface area (Å²) in [7, 11) is -3.71. The van der Waals surface area contributed by atoms with Crippen molar-refractivity contribution in [2.45, 2.75) is 37.7 Å². The Kier molecular flexibility index (Phi) is 8.10. The minimum Gasteiger partial charge on any atom is -0.489 e. The van der Waals surface area contributed by atoms with Gasteiger partial charge in [-0.3, -0.25) is 14.5 Å². The Hall–Kier alpha value is -2.21. The van der Waals surface area contributed by atoms with Gasteiger partial charge in [0.05, 0.1) is 36.4 Å². The lowest BCUT2D eigenvalue weighted by atomic mass is 9.96. The molecule has 0 bridgehead atoms. The zero-order valence-corrected chi connectivity index (χ0v) is 19.4. The molecule has 2 heterocycles. The number of hydrogen-bond acceptors (Lipinski definition) is 7. The first-order valence-electron chi connectivity index (χ1n) is 10.9. The van der Waals surface area contributed by atoms with Crippen LogP contribution in [0.4, 0.5) is 5.69 Å². The third kappa shape index (κ3) is 6.18. The fourth-order valence-corrected chi connectivity index (χ4v) is 5.26. The predicted octanol–water partition coefficient (Wildman–Crippen LogP) is 0.631. The maximum Gasteiger partial charge on any atom is 0.243 e. The van der Waals surface area contributed by atoms with Crippen LogP contribution in [0.15, 0.2) is 23.1 Å². The van der Waals surface area contributed by atoms with Crippen molar-refractivity contribution in [3.05, 3.63) is 18.2 Å². The summed E-state index contributed by atoms with van der Waals surface area (Å²) in [6, 6.07) is 4.51. The highest BCUT2D eigenvalue weighted by atomic mass is 32.2. The molecule has 0 radical (unpaired) electrons. The summed E-state index contributed by atoms with van der Waals surface area (Å²) >= 11 is 0. The second kappa shape index (κ2) is 10.6. The zero-order valence-electron chi connectivity index (χ0n) is 18.6. The number of benzene rings is 1. The zero-order chi connectivity index (χ0) is 23.3. The molecule has 178 valence electrons. The maximum atomic E-state index is 13.0. The Morgan fingerprint density at radius 3 is 2.44 bits per heavy atom. The van der Waals surface area contributed by atoms with Crippen LogP contribution in [0.3, 0.4) is 0 Å². The van der Waals surface area contributed by atoms with E-state index in [2.05, 4.69) is 5.32 Å². The molecule has 32 heavy (non-hydrogen) atoms. The van der Waals surface area contributed by atoms with Gasteiger partial charge in [0.1, 0.15) is 5.75 Å². The van der Waals surface area contributed by atoms with Crippen molar-refractivity contribution in [1.29, 1.82) is 0 Å². The fourth-order valence-electron chi connectivity index (χ4n) is 3.83. The molecule has 10 nitrogen and oxygen atoms in total. The van der Waals surface area contributed by atoms with Gasteiger partial charge in [-0.2, -0.15) is 4.31 Å². The molecule has 0 saturated carbocycles. The van der Waals surface area contributed by atoms with Crippen LogP contribution in [0.2, 0.25) is 0 Å². The van der Waals surface area contributed by atoms with E-state index in [1.807, 2.05) is 18.7 Å². The van der Waals surface area contributed by atoms with Crippen molar-refractivity contribution in [2.24, 2.45) is 11.7 Å². The van der Waals surface area contributed by atoms with E-state index in [0.29, 0.717) is 50.6 Å². The van der Waals surface area contributed by atoms with Gasteiger partial charge in [-0.25, -0.2) is 8.42 Å². The van der Waals surface area contributed by atoms with Crippen LogP contribution >= 0.6 is 0 Å². The Balaban J connectivity index is 1.73. The highest BCUT2D eigenvalue weighted by Crippen LogP contribution is 2.30. The Bertz CT molecular complexity index is 922. The predicted molar refractivity (Wildman–Crippen MR) is 119 cm³/mol. The number of nitrogens with one attached hydrogen (secondary N) is 1. The van der Waals surface area contributed by atoms with Crippen LogP contribution in [-0.2, 0) is 24.3 Å². The van der Waals surface area contributed by atoms with E-state index in [4.69, 9.17) is 15.2 Å². The first kappa shape index (κ1) is 24.4. The normalized spacial score (nSPS) is 19.1. The number of anilines is 1. The lowest BCUT2D eigenvalue weighted by molar-refractivity contribution is -0.123. The van der Waals surface area contributed by atoms with Gasteiger partial charge in [-0.05, 0) is 58.0 Å². The van der Waals surface area contributed by atoms with Gasteiger partial charge in [0.15, 0.2) is 0 Å². The summed E-state index contributed by atoms with van der Waals surface area (Å²) in [5.41, 5.74) is 5.68. The summed E-state index contributed by atoms with van der Waals surface area (Å²) in [6.07, 6.45) is 1.09. The molecule has 0 spiro atoms. The molecule has 1 aromatic carbocycles. The number of carbonyl (C=O) groups excluding carboxylic acids is 2. The summed E-state index contributed by atoms with van der Waals surface area (Å²) in [5.74, 6) is -0.330. The highest BCUT2D eigenvalue weighted by Gasteiger charge is 2.28. The number of morpholine rings is 1. The standard InChI is InChI=1S/C21H32N4O6S/c1-15(2)31-19-4-3-17(32(28,29)25-9-11-30-12-10-25)13-18(19)23-20(26)14-24-7-5-16(6-8-24)21(22)27/h3-4,13,15-16H,5-12,14H2,1-2H3,(H2,22,27)(H,23,26). The summed E-state index contributed by atoms with van der Waals surface area (Å²) in [4.78, 5) is 26.1. The molecule has 2 saturated heterocycles. The van der Waals surface area contributed by atoms with Crippen molar-refractivity contribution in [1.82, 2.24) is 9.21 Å². The van der Waals surface area contributed by atoms with Crippen molar-refractivity contribution < 1.29 is 27.5 Å². The number of amides is 2. The molecule has 2 aliphatic heterocycles. The van der Waals surface area contributed by atoms with Gasteiger partial charge in [0.25, 0.3) is 0 Å². The summed E-state index contributed by atoms with van der Waals surface area (Å²) < 4.78 is 38.5.